The van der Waals surface area contributed by atoms with Gasteiger partial charge in [-0.05, 0) is 36.8 Å². The lowest BCUT2D eigenvalue weighted by Crippen LogP contribution is -2.34. The molecular weight excluding hydrogens is 324 g/mol. The summed E-state index contributed by atoms with van der Waals surface area (Å²) in [6.45, 7) is 2.64. The number of nitrogens with one attached hydrogen (secondary N) is 1. The molecule has 5 nitrogen and oxygen atoms in total. The zero-order valence-electron chi connectivity index (χ0n) is 13.3. The largest absolute Gasteiger partial charge is 0.306 e. The molecule has 0 unspecified atom stereocenters. The molecule has 0 radical (unpaired) electrons. The van der Waals surface area contributed by atoms with Crippen LogP contribution < -0.4 is 10.4 Å². The average molecular weight is 342 g/mol. The molecule has 0 saturated carbocycles. The maximum Gasteiger partial charge on any atom is 0.274 e. The predicted molar refractivity (Wildman–Crippen MR) is 93.9 cm³/mol. The van der Waals surface area contributed by atoms with E-state index in [9.17, 15) is 9.59 Å². The predicted octanol–water partition coefficient (Wildman–Crippen LogP) is 3.01. The lowest BCUT2D eigenvalue weighted by atomic mass is 10.1. The van der Waals surface area contributed by atoms with E-state index in [-0.39, 0.29) is 11.8 Å². The number of carbonyl (C=O) groups excluding carboxylic acids is 2. The molecule has 1 heterocycles. The van der Waals surface area contributed by atoms with Gasteiger partial charge in [-0.1, -0.05) is 24.3 Å². The molecule has 0 saturated heterocycles. The molecule has 0 aliphatic carbocycles. The van der Waals surface area contributed by atoms with Gasteiger partial charge in [0.2, 0.25) is 5.91 Å². The summed E-state index contributed by atoms with van der Waals surface area (Å²) in [5.74, 6) is 0.212. The van der Waals surface area contributed by atoms with Gasteiger partial charge in [-0.15, -0.1) is 11.8 Å². The van der Waals surface area contributed by atoms with Crippen LogP contribution in [0.15, 0.2) is 53.4 Å². The third-order valence-corrected chi connectivity index (χ3v) is 4.69. The third kappa shape index (κ3) is 3.60. The van der Waals surface area contributed by atoms with Gasteiger partial charge in [0.25, 0.3) is 5.91 Å². The van der Waals surface area contributed by atoms with Crippen molar-refractivity contribution >= 4 is 29.3 Å². The number of hydrogen-bond donors (Lipinski definition) is 1. The smallest absolute Gasteiger partial charge is 0.274 e. The average Bonchev–Trinajstić information content (AvgIpc) is 2.62. The minimum atomic E-state index is -0.292. The minimum absolute atomic E-state index is 0.0721. The number of rotatable bonds is 5. The number of nitrogens with zero attached hydrogens (tertiary/aromatic N) is 1. The van der Waals surface area contributed by atoms with Crippen molar-refractivity contribution in [1.82, 2.24) is 5.48 Å². The highest BCUT2D eigenvalue weighted by Crippen LogP contribution is 2.35. The van der Waals surface area contributed by atoms with E-state index in [0.717, 1.165) is 16.1 Å². The fourth-order valence-electron chi connectivity index (χ4n) is 2.52. The lowest BCUT2D eigenvalue weighted by Gasteiger charge is -2.29. The van der Waals surface area contributed by atoms with E-state index in [4.69, 9.17) is 4.84 Å². The van der Waals surface area contributed by atoms with E-state index in [1.165, 1.54) is 0 Å². The van der Waals surface area contributed by atoms with Crippen molar-refractivity contribution in [3.63, 3.8) is 0 Å². The summed E-state index contributed by atoms with van der Waals surface area (Å²) >= 11 is 1.56. The summed E-state index contributed by atoms with van der Waals surface area (Å²) in [6, 6.07) is 15.1. The number of hydroxylamine groups is 1. The summed E-state index contributed by atoms with van der Waals surface area (Å²) in [6.07, 6.45) is 0. The van der Waals surface area contributed by atoms with Crippen molar-refractivity contribution in [2.45, 2.75) is 18.4 Å². The summed E-state index contributed by atoms with van der Waals surface area (Å²) in [5.41, 5.74) is 4.71. The molecule has 0 bridgehead atoms. The number of anilines is 1. The Labute approximate surface area is 144 Å². The summed E-state index contributed by atoms with van der Waals surface area (Å²) in [4.78, 5) is 32.1. The van der Waals surface area contributed by atoms with E-state index >= 15 is 0 Å². The van der Waals surface area contributed by atoms with Gasteiger partial charge in [0.05, 0.1) is 24.6 Å². The van der Waals surface area contributed by atoms with Gasteiger partial charge in [0, 0.05) is 10.5 Å². The van der Waals surface area contributed by atoms with Crippen molar-refractivity contribution in [3.05, 3.63) is 59.7 Å². The van der Waals surface area contributed by atoms with Crippen molar-refractivity contribution in [2.24, 2.45) is 0 Å². The van der Waals surface area contributed by atoms with E-state index in [2.05, 4.69) is 5.48 Å². The fourth-order valence-corrected chi connectivity index (χ4v) is 3.45. The monoisotopic (exact) mass is 342 g/mol. The standard InChI is InChI=1S/C18H18N2O3S/c1-2-23-19-18(22)14-7-5-6-13(10-14)11-20-15-8-3-4-9-16(15)24-12-17(20)21/h3-10H,2,11-12H2,1H3,(H,19,22). The van der Waals surface area contributed by atoms with Crippen LogP contribution in [-0.2, 0) is 16.2 Å². The first-order valence-electron chi connectivity index (χ1n) is 7.72. The maximum atomic E-state index is 12.3. The fraction of sp³-hybridized carbons (Fsp3) is 0.222. The van der Waals surface area contributed by atoms with Gasteiger partial charge in [0.1, 0.15) is 0 Å². The Balaban J connectivity index is 1.81. The topological polar surface area (TPSA) is 58.6 Å². The maximum absolute atomic E-state index is 12.3. The molecular formula is C18H18N2O3S. The second-order valence-corrected chi connectivity index (χ2v) is 6.32. The van der Waals surface area contributed by atoms with Gasteiger partial charge >= 0.3 is 0 Å². The number of amides is 2. The molecule has 1 aliphatic heterocycles. The summed E-state index contributed by atoms with van der Waals surface area (Å²) in [5, 5.41) is 0. The van der Waals surface area contributed by atoms with Crippen molar-refractivity contribution in [2.75, 3.05) is 17.3 Å². The molecule has 124 valence electrons. The normalized spacial score (nSPS) is 13.5. The first-order chi connectivity index (χ1) is 11.7. The van der Waals surface area contributed by atoms with Gasteiger partial charge in [-0.3, -0.25) is 14.4 Å². The Bertz CT molecular complexity index is 763. The van der Waals surface area contributed by atoms with Gasteiger partial charge in [0.15, 0.2) is 0 Å². The number of carbonyl (C=O) groups is 2. The molecule has 6 heteroatoms. The molecule has 3 rings (SSSR count). The Morgan fingerprint density at radius 2 is 2.08 bits per heavy atom. The number of para-hydroxylation sites is 1. The second-order valence-electron chi connectivity index (χ2n) is 5.30. The van der Waals surface area contributed by atoms with Crippen LogP contribution in [0.2, 0.25) is 0 Å². The Morgan fingerprint density at radius 3 is 2.92 bits per heavy atom. The minimum Gasteiger partial charge on any atom is -0.306 e. The number of fused-ring (bicyclic) bond motifs is 1. The van der Waals surface area contributed by atoms with Crippen LogP contribution in [0.25, 0.3) is 0 Å². The lowest BCUT2D eigenvalue weighted by molar-refractivity contribution is -0.116. The zero-order chi connectivity index (χ0) is 16.9. The SMILES string of the molecule is CCONC(=O)c1cccc(CN2C(=O)CSc3ccccc32)c1. The molecule has 0 fully saturated rings. The van der Waals surface area contributed by atoms with Gasteiger partial charge in [-0.2, -0.15) is 0 Å². The van der Waals surface area contributed by atoms with Crippen LogP contribution in [0.4, 0.5) is 5.69 Å². The molecule has 1 N–H and O–H groups in total. The van der Waals surface area contributed by atoms with Crippen molar-refractivity contribution in [3.8, 4) is 0 Å². The highest BCUT2D eigenvalue weighted by Gasteiger charge is 2.24. The quantitative estimate of drug-likeness (QED) is 0.849. The third-order valence-electron chi connectivity index (χ3n) is 3.65. The Morgan fingerprint density at radius 1 is 1.25 bits per heavy atom. The molecule has 2 aromatic rings. The van der Waals surface area contributed by atoms with Crippen LogP contribution in [0, 0.1) is 0 Å². The molecule has 0 aromatic heterocycles. The summed E-state index contributed by atoms with van der Waals surface area (Å²) in [7, 11) is 0. The van der Waals surface area contributed by atoms with Gasteiger partial charge < -0.3 is 4.90 Å². The second kappa shape index (κ2) is 7.51. The molecule has 24 heavy (non-hydrogen) atoms. The van der Waals surface area contributed by atoms with Crippen molar-refractivity contribution in [1.29, 1.82) is 0 Å². The van der Waals surface area contributed by atoms with E-state index in [1.54, 1.807) is 35.7 Å². The molecule has 0 spiro atoms. The Hall–Kier alpha value is -2.31. The molecule has 0 atom stereocenters. The highest BCUT2D eigenvalue weighted by molar-refractivity contribution is 8.00. The van der Waals surface area contributed by atoms with Crippen LogP contribution in [0.1, 0.15) is 22.8 Å². The van der Waals surface area contributed by atoms with Crippen LogP contribution in [0.3, 0.4) is 0 Å². The van der Waals surface area contributed by atoms with Crippen molar-refractivity contribution < 1.29 is 14.4 Å². The number of hydrogen-bond acceptors (Lipinski definition) is 4. The van der Waals surface area contributed by atoms with E-state index in [1.807, 2.05) is 36.4 Å². The Kier molecular flexibility index (Phi) is 5.17. The van der Waals surface area contributed by atoms with E-state index in [0.29, 0.717) is 24.5 Å². The summed E-state index contributed by atoms with van der Waals surface area (Å²) < 4.78 is 0. The first kappa shape index (κ1) is 16.5. The number of thioether (sulfide) groups is 1. The molecule has 1 aliphatic rings. The van der Waals surface area contributed by atoms with E-state index < -0.39 is 0 Å². The molecule has 2 amide bonds. The van der Waals surface area contributed by atoms with Gasteiger partial charge in [-0.25, -0.2) is 5.48 Å². The highest BCUT2D eigenvalue weighted by atomic mass is 32.2. The molecule has 2 aromatic carbocycles. The van der Waals surface area contributed by atoms with Crippen LogP contribution >= 0.6 is 11.8 Å². The van der Waals surface area contributed by atoms with Crippen LogP contribution in [-0.4, -0.2) is 24.2 Å². The first-order valence-corrected chi connectivity index (χ1v) is 8.71. The van der Waals surface area contributed by atoms with Crippen LogP contribution in [0.5, 0.6) is 0 Å². The number of benzene rings is 2. The zero-order valence-corrected chi connectivity index (χ0v) is 14.1.